The van der Waals surface area contributed by atoms with Crippen LogP contribution in [0.5, 0.6) is 0 Å². The molecule has 0 heterocycles. The number of amides is 1. The predicted molar refractivity (Wildman–Crippen MR) is 81.4 cm³/mol. The van der Waals surface area contributed by atoms with Gasteiger partial charge in [0.1, 0.15) is 11.8 Å². The number of rotatable bonds is 4. The minimum atomic E-state index is -0.840. The van der Waals surface area contributed by atoms with Crippen LogP contribution >= 0.6 is 0 Å². The average molecular weight is 314 g/mol. The second-order valence-electron chi connectivity index (χ2n) is 5.56. The molecule has 0 aliphatic heterocycles. The maximum Gasteiger partial charge on any atom is 0.328 e. The highest BCUT2D eigenvalue weighted by Crippen LogP contribution is 2.25. The second kappa shape index (κ2) is 7.54. The standard InChI is InChI=1S/C17H18N2O4/c1-23-17(22)15(13-3-2-4-14(20)9-13)19-16(21)12-7-5-11(10-18)6-8-12/h5-8,13,15H,2-4,9H2,1H3,(H,19,21)/t13-,15-/m0/s1. The van der Waals surface area contributed by atoms with Gasteiger partial charge >= 0.3 is 5.97 Å². The van der Waals surface area contributed by atoms with E-state index in [9.17, 15) is 14.4 Å². The summed E-state index contributed by atoms with van der Waals surface area (Å²) in [5, 5.41) is 11.4. The molecule has 120 valence electrons. The Labute approximate surface area is 134 Å². The fraction of sp³-hybridized carbons (Fsp3) is 0.412. The van der Waals surface area contributed by atoms with E-state index in [4.69, 9.17) is 10.00 Å². The first-order chi connectivity index (χ1) is 11.0. The Hall–Kier alpha value is -2.68. The third-order valence-corrected chi connectivity index (χ3v) is 4.01. The zero-order valence-electron chi connectivity index (χ0n) is 12.9. The summed E-state index contributed by atoms with van der Waals surface area (Å²) < 4.78 is 4.77. The van der Waals surface area contributed by atoms with E-state index < -0.39 is 17.9 Å². The molecule has 1 aromatic carbocycles. The van der Waals surface area contributed by atoms with Crippen LogP contribution in [-0.4, -0.2) is 30.8 Å². The van der Waals surface area contributed by atoms with E-state index in [1.807, 2.05) is 6.07 Å². The molecule has 1 N–H and O–H groups in total. The number of hydrogen-bond donors (Lipinski definition) is 1. The molecule has 1 aromatic rings. The summed E-state index contributed by atoms with van der Waals surface area (Å²) >= 11 is 0. The quantitative estimate of drug-likeness (QED) is 0.851. The van der Waals surface area contributed by atoms with Crippen molar-refractivity contribution in [1.29, 1.82) is 5.26 Å². The van der Waals surface area contributed by atoms with E-state index in [1.165, 1.54) is 31.4 Å². The minimum Gasteiger partial charge on any atom is -0.467 e. The third kappa shape index (κ3) is 4.16. The molecule has 0 bridgehead atoms. The van der Waals surface area contributed by atoms with E-state index >= 15 is 0 Å². The van der Waals surface area contributed by atoms with Gasteiger partial charge in [-0.05, 0) is 43.0 Å². The Bertz CT molecular complexity index is 646. The van der Waals surface area contributed by atoms with E-state index in [0.29, 0.717) is 30.4 Å². The molecule has 6 nitrogen and oxygen atoms in total. The van der Waals surface area contributed by atoms with Crippen molar-refractivity contribution in [2.24, 2.45) is 5.92 Å². The minimum absolute atomic E-state index is 0.0998. The third-order valence-electron chi connectivity index (χ3n) is 4.01. The van der Waals surface area contributed by atoms with Gasteiger partial charge in [0, 0.05) is 18.4 Å². The lowest BCUT2D eigenvalue weighted by atomic mass is 9.83. The number of nitrogens with zero attached hydrogens (tertiary/aromatic N) is 1. The zero-order valence-corrected chi connectivity index (χ0v) is 12.9. The molecule has 2 rings (SSSR count). The predicted octanol–water partition coefficient (Wildman–Crippen LogP) is 1.59. The number of Topliss-reactive ketones (excluding diaryl/α,β-unsaturated/α-hetero) is 1. The molecule has 1 amide bonds. The lowest BCUT2D eigenvalue weighted by molar-refractivity contribution is -0.145. The summed E-state index contributed by atoms with van der Waals surface area (Å²) in [6.07, 6.45) is 2.20. The number of benzene rings is 1. The van der Waals surface area contributed by atoms with E-state index in [2.05, 4.69) is 5.32 Å². The Kier molecular flexibility index (Phi) is 5.47. The molecular formula is C17H18N2O4. The number of hydrogen-bond acceptors (Lipinski definition) is 5. The molecule has 1 aliphatic rings. The smallest absolute Gasteiger partial charge is 0.328 e. The molecular weight excluding hydrogens is 296 g/mol. The van der Waals surface area contributed by atoms with Gasteiger partial charge in [0.25, 0.3) is 5.91 Å². The van der Waals surface area contributed by atoms with Crippen molar-refractivity contribution < 1.29 is 19.1 Å². The van der Waals surface area contributed by atoms with Crippen LogP contribution in [0.4, 0.5) is 0 Å². The van der Waals surface area contributed by atoms with Gasteiger partial charge < -0.3 is 10.1 Å². The monoisotopic (exact) mass is 314 g/mol. The van der Waals surface area contributed by atoms with Gasteiger partial charge in [-0.15, -0.1) is 0 Å². The van der Waals surface area contributed by atoms with Crippen LogP contribution in [0.15, 0.2) is 24.3 Å². The van der Waals surface area contributed by atoms with Gasteiger partial charge in [-0.2, -0.15) is 5.26 Å². The summed E-state index contributed by atoms with van der Waals surface area (Å²) in [5.74, 6) is -1.12. The number of nitriles is 1. The highest BCUT2D eigenvalue weighted by Gasteiger charge is 2.34. The van der Waals surface area contributed by atoms with Gasteiger partial charge in [0.05, 0.1) is 18.7 Å². The first kappa shape index (κ1) is 16.7. The highest BCUT2D eigenvalue weighted by atomic mass is 16.5. The molecule has 0 unspecified atom stereocenters. The van der Waals surface area contributed by atoms with E-state index in [1.54, 1.807) is 0 Å². The fourth-order valence-electron chi connectivity index (χ4n) is 2.76. The first-order valence-corrected chi connectivity index (χ1v) is 7.45. The van der Waals surface area contributed by atoms with Crippen molar-refractivity contribution >= 4 is 17.7 Å². The number of carbonyl (C=O) groups excluding carboxylic acids is 3. The second-order valence-corrected chi connectivity index (χ2v) is 5.56. The Balaban J connectivity index is 2.13. The molecule has 23 heavy (non-hydrogen) atoms. The normalized spacial score (nSPS) is 18.6. The van der Waals surface area contributed by atoms with Crippen LogP contribution in [0.1, 0.15) is 41.6 Å². The Morgan fingerprint density at radius 3 is 2.61 bits per heavy atom. The lowest BCUT2D eigenvalue weighted by Gasteiger charge is -2.28. The van der Waals surface area contributed by atoms with Crippen LogP contribution in [0.2, 0.25) is 0 Å². The van der Waals surface area contributed by atoms with Crippen molar-refractivity contribution in [1.82, 2.24) is 5.32 Å². The first-order valence-electron chi connectivity index (χ1n) is 7.45. The summed E-state index contributed by atoms with van der Waals surface area (Å²) in [5.41, 5.74) is 0.795. The number of ether oxygens (including phenoxy) is 1. The molecule has 0 saturated heterocycles. The molecule has 0 aromatic heterocycles. The summed E-state index contributed by atoms with van der Waals surface area (Å²) in [4.78, 5) is 35.9. The maximum atomic E-state index is 12.3. The summed E-state index contributed by atoms with van der Waals surface area (Å²) in [6.45, 7) is 0. The van der Waals surface area contributed by atoms with E-state index in [-0.39, 0.29) is 18.1 Å². The topological polar surface area (TPSA) is 96.3 Å². The highest BCUT2D eigenvalue weighted by molar-refractivity contribution is 5.97. The number of carbonyl (C=O) groups is 3. The summed E-state index contributed by atoms with van der Waals surface area (Å²) in [6, 6.07) is 7.25. The molecule has 1 aliphatic carbocycles. The number of esters is 1. The molecule has 2 atom stereocenters. The van der Waals surface area contributed by atoms with Gasteiger partial charge in [0.2, 0.25) is 0 Å². The largest absolute Gasteiger partial charge is 0.467 e. The van der Waals surface area contributed by atoms with Crippen molar-refractivity contribution in [3.8, 4) is 6.07 Å². The van der Waals surface area contributed by atoms with Crippen molar-refractivity contribution in [3.05, 3.63) is 35.4 Å². The number of nitrogens with one attached hydrogen (secondary N) is 1. The fourth-order valence-corrected chi connectivity index (χ4v) is 2.76. The van der Waals surface area contributed by atoms with Crippen LogP contribution in [-0.2, 0) is 14.3 Å². The van der Waals surface area contributed by atoms with Gasteiger partial charge in [-0.3, -0.25) is 9.59 Å². The molecule has 6 heteroatoms. The number of methoxy groups -OCH3 is 1. The van der Waals surface area contributed by atoms with Gasteiger partial charge in [-0.1, -0.05) is 0 Å². The van der Waals surface area contributed by atoms with Gasteiger partial charge in [-0.25, -0.2) is 4.79 Å². The maximum absolute atomic E-state index is 12.3. The van der Waals surface area contributed by atoms with Crippen molar-refractivity contribution in [2.45, 2.75) is 31.7 Å². The van der Waals surface area contributed by atoms with E-state index in [0.717, 1.165) is 0 Å². The van der Waals surface area contributed by atoms with Crippen LogP contribution in [0.3, 0.4) is 0 Å². The SMILES string of the molecule is COC(=O)[C@@H](NC(=O)c1ccc(C#N)cc1)[C@H]1CCCC(=O)C1. The van der Waals surface area contributed by atoms with Gasteiger partial charge in [0.15, 0.2) is 0 Å². The van der Waals surface area contributed by atoms with Crippen LogP contribution in [0, 0.1) is 17.2 Å². The van der Waals surface area contributed by atoms with Crippen LogP contribution < -0.4 is 5.32 Å². The summed E-state index contributed by atoms with van der Waals surface area (Å²) in [7, 11) is 1.26. The Morgan fingerprint density at radius 1 is 1.35 bits per heavy atom. The molecule has 1 fully saturated rings. The van der Waals surface area contributed by atoms with Crippen molar-refractivity contribution in [2.75, 3.05) is 7.11 Å². The lowest BCUT2D eigenvalue weighted by Crippen LogP contribution is -2.48. The molecule has 0 spiro atoms. The zero-order chi connectivity index (χ0) is 16.8. The van der Waals surface area contributed by atoms with Crippen molar-refractivity contribution in [3.63, 3.8) is 0 Å². The Morgan fingerprint density at radius 2 is 2.04 bits per heavy atom. The average Bonchev–Trinajstić information content (AvgIpc) is 2.58. The molecule has 1 saturated carbocycles. The van der Waals surface area contributed by atoms with Crippen LogP contribution in [0.25, 0.3) is 0 Å². The molecule has 0 radical (unpaired) electrons. The number of ketones is 1.